The summed E-state index contributed by atoms with van der Waals surface area (Å²) in [5, 5.41) is 12.0. The first-order valence-electron chi connectivity index (χ1n) is 11.2. The molecule has 0 saturated carbocycles. The lowest BCUT2D eigenvalue weighted by Crippen LogP contribution is -2.44. The number of halogens is 1. The second-order valence-corrected chi connectivity index (χ2v) is 8.09. The molecule has 0 aromatic heterocycles. The van der Waals surface area contributed by atoms with Gasteiger partial charge < -0.3 is 10.1 Å². The van der Waals surface area contributed by atoms with E-state index in [1.807, 2.05) is 48.5 Å². The van der Waals surface area contributed by atoms with Crippen molar-refractivity contribution in [2.45, 2.75) is 25.4 Å². The first-order valence-corrected chi connectivity index (χ1v) is 11.2. The van der Waals surface area contributed by atoms with Gasteiger partial charge in [0, 0.05) is 18.7 Å². The van der Waals surface area contributed by atoms with E-state index in [1.165, 1.54) is 24.3 Å². The van der Waals surface area contributed by atoms with Gasteiger partial charge in [0.15, 0.2) is 0 Å². The zero-order chi connectivity index (χ0) is 23.0. The number of rotatable bonds is 8. The highest BCUT2D eigenvalue weighted by Gasteiger charge is 2.25. The molecule has 168 valence electrons. The summed E-state index contributed by atoms with van der Waals surface area (Å²) in [7, 11) is 0. The van der Waals surface area contributed by atoms with Gasteiger partial charge in [-0.25, -0.2) is 4.39 Å². The largest absolute Gasteiger partial charge is 0.494 e. The standard InChI is InChI=1S/C27H26FN3O2/c28-24-12-8-23(9-13-24)27(32)30-26-3-1-16-31(26)17-2-18-33-25-14-10-22(11-15-25)21-6-4-20(19-29)5-7-21/h4-15,26H,1-3,16-18H2,(H,30,32). The first kappa shape index (κ1) is 22.5. The number of nitriles is 1. The minimum Gasteiger partial charge on any atom is -0.494 e. The molecular formula is C27H26FN3O2. The Morgan fingerprint density at radius 3 is 2.36 bits per heavy atom. The summed E-state index contributed by atoms with van der Waals surface area (Å²) in [5.74, 6) is 0.290. The zero-order valence-corrected chi connectivity index (χ0v) is 18.3. The second-order valence-electron chi connectivity index (χ2n) is 8.09. The third-order valence-electron chi connectivity index (χ3n) is 5.83. The molecule has 3 aromatic carbocycles. The van der Waals surface area contributed by atoms with Gasteiger partial charge >= 0.3 is 0 Å². The van der Waals surface area contributed by atoms with Gasteiger partial charge in [0.05, 0.1) is 24.4 Å². The molecule has 33 heavy (non-hydrogen) atoms. The molecule has 0 spiro atoms. The van der Waals surface area contributed by atoms with E-state index in [2.05, 4.69) is 16.3 Å². The molecule has 1 unspecified atom stereocenters. The van der Waals surface area contributed by atoms with Gasteiger partial charge in [0.2, 0.25) is 0 Å². The van der Waals surface area contributed by atoms with Crippen LogP contribution >= 0.6 is 0 Å². The summed E-state index contributed by atoms with van der Waals surface area (Å²) in [5.41, 5.74) is 3.25. The molecule has 6 heteroatoms. The lowest BCUT2D eigenvalue weighted by atomic mass is 10.0. The molecule has 1 aliphatic heterocycles. The minimum absolute atomic E-state index is 0.00532. The third-order valence-corrected chi connectivity index (χ3v) is 5.83. The monoisotopic (exact) mass is 443 g/mol. The summed E-state index contributed by atoms with van der Waals surface area (Å²) in [4.78, 5) is 14.7. The van der Waals surface area contributed by atoms with Crippen molar-refractivity contribution >= 4 is 5.91 Å². The lowest BCUT2D eigenvalue weighted by Gasteiger charge is -2.25. The van der Waals surface area contributed by atoms with Crippen LogP contribution in [0, 0.1) is 17.1 Å². The molecule has 0 aliphatic carbocycles. The predicted molar refractivity (Wildman–Crippen MR) is 125 cm³/mol. The average Bonchev–Trinajstić information content (AvgIpc) is 3.29. The number of nitrogens with one attached hydrogen (secondary N) is 1. The van der Waals surface area contributed by atoms with E-state index in [-0.39, 0.29) is 17.9 Å². The first-order chi connectivity index (χ1) is 16.1. The van der Waals surface area contributed by atoms with Crippen molar-refractivity contribution in [1.82, 2.24) is 10.2 Å². The van der Waals surface area contributed by atoms with E-state index < -0.39 is 0 Å². The van der Waals surface area contributed by atoms with Crippen LogP contribution in [0.3, 0.4) is 0 Å². The van der Waals surface area contributed by atoms with Gasteiger partial charge in [-0.05, 0) is 78.9 Å². The van der Waals surface area contributed by atoms with E-state index in [4.69, 9.17) is 10.00 Å². The van der Waals surface area contributed by atoms with Gasteiger partial charge in [0.25, 0.3) is 5.91 Å². The fourth-order valence-corrected chi connectivity index (χ4v) is 4.03. The van der Waals surface area contributed by atoms with Crippen LogP contribution in [0.15, 0.2) is 72.8 Å². The maximum absolute atomic E-state index is 13.1. The van der Waals surface area contributed by atoms with Crippen molar-refractivity contribution in [2.24, 2.45) is 0 Å². The molecule has 1 fully saturated rings. The lowest BCUT2D eigenvalue weighted by molar-refractivity contribution is 0.0882. The fourth-order valence-electron chi connectivity index (χ4n) is 4.03. The Morgan fingerprint density at radius 1 is 1.03 bits per heavy atom. The van der Waals surface area contributed by atoms with Gasteiger partial charge in [-0.15, -0.1) is 0 Å². The predicted octanol–water partition coefficient (Wildman–Crippen LogP) is 4.99. The molecular weight excluding hydrogens is 417 g/mol. The molecule has 5 nitrogen and oxygen atoms in total. The highest BCUT2D eigenvalue weighted by molar-refractivity contribution is 5.94. The number of hydrogen-bond donors (Lipinski definition) is 1. The summed E-state index contributed by atoms with van der Waals surface area (Å²) in [6, 6.07) is 23.2. The molecule has 1 amide bonds. The highest BCUT2D eigenvalue weighted by atomic mass is 19.1. The van der Waals surface area contributed by atoms with Crippen molar-refractivity contribution in [3.8, 4) is 22.9 Å². The quantitative estimate of drug-likeness (QED) is 0.499. The fraction of sp³-hybridized carbons (Fsp3) is 0.259. The number of likely N-dealkylation sites (tertiary alicyclic amines) is 1. The Balaban J connectivity index is 1.22. The molecule has 0 bridgehead atoms. The van der Waals surface area contributed by atoms with Gasteiger partial charge in [-0.2, -0.15) is 5.26 Å². The number of carbonyl (C=O) groups excluding carboxylic acids is 1. The van der Waals surface area contributed by atoms with Crippen molar-refractivity contribution in [1.29, 1.82) is 5.26 Å². The van der Waals surface area contributed by atoms with Gasteiger partial charge in [-0.1, -0.05) is 24.3 Å². The minimum atomic E-state index is -0.349. The Bertz CT molecular complexity index is 1110. The number of ether oxygens (including phenoxy) is 1. The summed E-state index contributed by atoms with van der Waals surface area (Å²) in [6.07, 6.45) is 2.78. The normalized spacial score (nSPS) is 15.7. The molecule has 1 heterocycles. The number of benzene rings is 3. The van der Waals surface area contributed by atoms with Crippen LogP contribution in [-0.2, 0) is 0 Å². The van der Waals surface area contributed by atoms with Gasteiger partial charge in [0.1, 0.15) is 11.6 Å². The number of hydrogen-bond acceptors (Lipinski definition) is 4. The Hall–Kier alpha value is -3.69. The van der Waals surface area contributed by atoms with Crippen LogP contribution in [-0.4, -0.2) is 36.7 Å². The molecule has 1 N–H and O–H groups in total. The Morgan fingerprint density at radius 2 is 1.70 bits per heavy atom. The molecule has 3 aromatic rings. The maximum atomic E-state index is 13.1. The van der Waals surface area contributed by atoms with Crippen LogP contribution in [0.4, 0.5) is 4.39 Å². The van der Waals surface area contributed by atoms with Crippen LogP contribution < -0.4 is 10.1 Å². The average molecular weight is 444 g/mol. The Labute approximate surface area is 193 Å². The second kappa shape index (κ2) is 10.8. The van der Waals surface area contributed by atoms with Crippen molar-refractivity contribution < 1.29 is 13.9 Å². The summed E-state index contributed by atoms with van der Waals surface area (Å²) in [6.45, 7) is 2.36. The molecule has 1 atom stereocenters. The van der Waals surface area contributed by atoms with E-state index in [1.54, 1.807) is 0 Å². The number of nitrogens with zero attached hydrogens (tertiary/aromatic N) is 2. The van der Waals surface area contributed by atoms with Crippen LogP contribution in [0.2, 0.25) is 0 Å². The number of amides is 1. The Kier molecular flexibility index (Phi) is 7.33. The van der Waals surface area contributed by atoms with Crippen molar-refractivity contribution in [2.75, 3.05) is 19.7 Å². The van der Waals surface area contributed by atoms with E-state index in [0.717, 1.165) is 49.2 Å². The molecule has 0 radical (unpaired) electrons. The summed E-state index contributed by atoms with van der Waals surface area (Å²) >= 11 is 0. The number of carbonyl (C=O) groups is 1. The zero-order valence-electron chi connectivity index (χ0n) is 18.3. The van der Waals surface area contributed by atoms with Crippen molar-refractivity contribution in [3.05, 3.63) is 89.7 Å². The van der Waals surface area contributed by atoms with Crippen molar-refractivity contribution in [3.63, 3.8) is 0 Å². The highest BCUT2D eigenvalue weighted by Crippen LogP contribution is 2.23. The van der Waals surface area contributed by atoms with E-state index in [9.17, 15) is 9.18 Å². The van der Waals surface area contributed by atoms with Crippen LogP contribution in [0.25, 0.3) is 11.1 Å². The SMILES string of the molecule is N#Cc1ccc(-c2ccc(OCCCN3CCCC3NC(=O)c3ccc(F)cc3)cc2)cc1. The smallest absolute Gasteiger partial charge is 0.252 e. The van der Waals surface area contributed by atoms with Gasteiger partial charge in [-0.3, -0.25) is 9.69 Å². The molecule has 1 saturated heterocycles. The molecule has 4 rings (SSSR count). The molecule has 1 aliphatic rings. The van der Waals surface area contributed by atoms with Crippen LogP contribution in [0.1, 0.15) is 35.2 Å². The van der Waals surface area contributed by atoms with E-state index >= 15 is 0 Å². The van der Waals surface area contributed by atoms with Crippen LogP contribution in [0.5, 0.6) is 5.75 Å². The summed E-state index contributed by atoms with van der Waals surface area (Å²) < 4.78 is 19.0. The van der Waals surface area contributed by atoms with E-state index in [0.29, 0.717) is 17.7 Å². The maximum Gasteiger partial charge on any atom is 0.252 e. The topological polar surface area (TPSA) is 65.4 Å². The third kappa shape index (κ3) is 5.97.